The molecule has 1 aliphatic rings. The molecule has 33 heavy (non-hydrogen) atoms. The molecular formula is C26H38N2O5. The number of rotatable bonds is 7. The van der Waals surface area contributed by atoms with Crippen molar-refractivity contribution in [3.05, 3.63) is 59.7 Å². The van der Waals surface area contributed by atoms with Gasteiger partial charge in [0.2, 0.25) is 5.91 Å². The van der Waals surface area contributed by atoms with Crippen LogP contribution in [0.15, 0.2) is 48.5 Å². The third kappa shape index (κ3) is 7.96. The third-order valence-electron chi connectivity index (χ3n) is 5.61. The molecule has 7 nitrogen and oxygen atoms in total. The molecule has 1 saturated heterocycles. The fraction of sp³-hybridized carbons (Fsp3) is 0.462. The number of unbranched alkanes of at least 4 members (excludes halogenated alkanes) is 1. The standard InChI is InChI=1S/C21H24N2O4.C4H10.CH4O/c1-3-18-13(2)27-23(19(18)20(22)24)12-14-5-4-6-17(11-14)15-7-9-16(10-8-15)21(25)26;1-3-4-2;1-2/h4-11,13,18-19H,3,12H2,1-2H3,(H2,22,24)(H,25,26);3-4H2,1-2H3;2H,1H3. The number of carbonyl (C=O) groups is 2. The van der Waals surface area contributed by atoms with Crippen molar-refractivity contribution in [1.82, 2.24) is 5.06 Å². The van der Waals surface area contributed by atoms with Crippen molar-refractivity contribution in [3.63, 3.8) is 0 Å². The van der Waals surface area contributed by atoms with Gasteiger partial charge in [0.25, 0.3) is 0 Å². The Morgan fingerprint density at radius 3 is 2.09 bits per heavy atom. The Bertz CT molecular complexity index is 867. The Morgan fingerprint density at radius 1 is 1.00 bits per heavy atom. The van der Waals surface area contributed by atoms with Gasteiger partial charge in [0.05, 0.1) is 18.2 Å². The average molecular weight is 459 g/mol. The maximum Gasteiger partial charge on any atom is 0.335 e. The summed E-state index contributed by atoms with van der Waals surface area (Å²) in [4.78, 5) is 28.8. The molecule has 0 spiro atoms. The van der Waals surface area contributed by atoms with Gasteiger partial charge in [0.15, 0.2) is 0 Å². The average Bonchev–Trinajstić information content (AvgIpc) is 3.15. The summed E-state index contributed by atoms with van der Waals surface area (Å²) in [5, 5.41) is 17.7. The molecule has 1 aliphatic heterocycles. The number of amides is 1. The van der Waals surface area contributed by atoms with Crippen molar-refractivity contribution in [2.75, 3.05) is 7.11 Å². The first-order valence-corrected chi connectivity index (χ1v) is 11.4. The minimum Gasteiger partial charge on any atom is -0.478 e. The number of hydrogen-bond donors (Lipinski definition) is 3. The molecule has 7 heteroatoms. The maximum absolute atomic E-state index is 11.9. The second-order valence-electron chi connectivity index (χ2n) is 7.89. The molecule has 3 unspecified atom stereocenters. The van der Waals surface area contributed by atoms with Gasteiger partial charge in [-0.3, -0.25) is 9.63 Å². The second-order valence-corrected chi connectivity index (χ2v) is 7.89. The lowest BCUT2D eigenvalue weighted by Gasteiger charge is -2.22. The monoisotopic (exact) mass is 458 g/mol. The molecule has 3 atom stereocenters. The van der Waals surface area contributed by atoms with Gasteiger partial charge < -0.3 is 15.9 Å². The van der Waals surface area contributed by atoms with Gasteiger partial charge in [-0.05, 0) is 48.2 Å². The van der Waals surface area contributed by atoms with Gasteiger partial charge in [-0.15, -0.1) is 0 Å². The van der Waals surface area contributed by atoms with Crippen molar-refractivity contribution < 1.29 is 24.6 Å². The molecule has 0 aromatic heterocycles. The largest absolute Gasteiger partial charge is 0.478 e. The zero-order chi connectivity index (χ0) is 25.0. The highest BCUT2D eigenvalue weighted by molar-refractivity contribution is 5.88. The highest BCUT2D eigenvalue weighted by Crippen LogP contribution is 2.32. The first kappa shape index (κ1) is 28.3. The zero-order valence-corrected chi connectivity index (χ0v) is 20.3. The maximum atomic E-state index is 11.9. The van der Waals surface area contributed by atoms with E-state index in [1.54, 1.807) is 29.3 Å². The molecule has 3 rings (SSSR count). The molecule has 0 radical (unpaired) electrons. The van der Waals surface area contributed by atoms with Crippen LogP contribution in [0.1, 0.15) is 62.9 Å². The van der Waals surface area contributed by atoms with E-state index in [0.29, 0.717) is 6.54 Å². The van der Waals surface area contributed by atoms with Crippen LogP contribution in [-0.2, 0) is 16.2 Å². The normalized spacial score (nSPS) is 19.6. The first-order chi connectivity index (χ1) is 15.8. The Morgan fingerprint density at radius 2 is 1.61 bits per heavy atom. The number of nitrogens with zero attached hydrogens (tertiary/aromatic N) is 1. The number of aromatic carboxylic acids is 1. The molecular weight excluding hydrogens is 420 g/mol. The number of primary amides is 1. The quantitative estimate of drug-likeness (QED) is 0.564. The Kier molecular flexibility index (Phi) is 12.4. The number of carboxylic acids is 1. The van der Waals surface area contributed by atoms with E-state index in [0.717, 1.165) is 30.2 Å². The van der Waals surface area contributed by atoms with E-state index in [9.17, 15) is 9.59 Å². The molecule has 0 saturated carbocycles. The Hall–Kier alpha value is -2.74. The Labute approximate surface area is 197 Å². The van der Waals surface area contributed by atoms with Crippen molar-refractivity contribution >= 4 is 11.9 Å². The number of hydrogen-bond acceptors (Lipinski definition) is 5. The molecule has 0 aliphatic carbocycles. The van der Waals surface area contributed by atoms with E-state index < -0.39 is 12.0 Å². The molecule has 182 valence electrons. The van der Waals surface area contributed by atoms with Crippen molar-refractivity contribution in [2.24, 2.45) is 11.7 Å². The number of aliphatic hydroxyl groups excluding tert-OH is 1. The summed E-state index contributed by atoms with van der Waals surface area (Å²) >= 11 is 0. The summed E-state index contributed by atoms with van der Waals surface area (Å²) in [5.74, 6) is -1.24. The SMILES string of the molecule is CCC1C(C)ON(Cc2cccc(-c3ccc(C(=O)O)cc3)c2)C1C(N)=O.CCCC.CO. The van der Waals surface area contributed by atoms with Crippen LogP contribution in [0.2, 0.25) is 0 Å². The molecule has 1 fully saturated rings. The summed E-state index contributed by atoms with van der Waals surface area (Å²) < 4.78 is 0. The first-order valence-electron chi connectivity index (χ1n) is 11.4. The van der Waals surface area contributed by atoms with E-state index >= 15 is 0 Å². The minimum atomic E-state index is -0.946. The van der Waals surface area contributed by atoms with Gasteiger partial charge in [-0.25, -0.2) is 4.79 Å². The second kappa shape index (κ2) is 14.4. The topological polar surface area (TPSA) is 113 Å². The van der Waals surface area contributed by atoms with Crippen LogP contribution in [0.3, 0.4) is 0 Å². The fourth-order valence-electron chi connectivity index (χ4n) is 3.71. The Balaban J connectivity index is 0.000000820. The van der Waals surface area contributed by atoms with Crippen LogP contribution in [0, 0.1) is 5.92 Å². The summed E-state index contributed by atoms with van der Waals surface area (Å²) in [6, 6.07) is 14.2. The van der Waals surface area contributed by atoms with Crippen LogP contribution in [0.4, 0.5) is 0 Å². The molecule has 1 heterocycles. The van der Waals surface area contributed by atoms with E-state index in [-0.39, 0.29) is 23.5 Å². The predicted octanol–water partition coefficient (Wildman–Crippen LogP) is 4.48. The van der Waals surface area contributed by atoms with Crippen LogP contribution in [0.5, 0.6) is 0 Å². The van der Waals surface area contributed by atoms with Gasteiger partial charge in [0.1, 0.15) is 6.04 Å². The lowest BCUT2D eigenvalue weighted by atomic mass is 9.92. The number of benzene rings is 2. The highest BCUT2D eigenvalue weighted by atomic mass is 16.7. The molecule has 0 bridgehead atoms. The molecule has 2 aromatic rings. The van der Waals surface area contributed by atoms with Gasteiger partial charge in [0, 0.05) is 13.0 Å². The van der Waals surface area contributed by atoms with E-state index in [2.05, 4.69) is 13.8 Å². The number of carbonyl (C=O) groups excluding carboxylic acids is 1. The molecule has 4 N–H and O–H groups in total. The van der Waals surface area contributed by atoms with Crippen molar-refractivity contribution in [2.45, 2.75) is 65.6 Å². The van der Waals surface area contributed by atoms with Gasteiger partial charge in [-0.2, -0.15) is 5.06 Å². The number of carboxylic acid groups (broad SMARTS) is 1. The van der Waals surface area contributed by atoms with Gasteiger partial charge in [-0.1, -0.05) is 63.9 Å². The van der Waals surface area contributed by atoms with Crippen molar-refractivity contribution in [3.8, 4) is 11.1 Å². The summed E-state index contributed by atoms with van der Waals surface area (Å²) in [5.41, 5.74) is 8.76. The lowest BCUT2D eigenvalue weighted by molar-refractivity contribution is -0.170. The lowest BCUT2D eigenvalue weighted by Crippen LogP contribution is -2.43. The zero-order valence-electron chi connectivity index (χ0n) is 20.3. The smallest absolute Gasteiger partial charge is 0.335 e. The molecule has 2 aromatic carbocycles. The predicted molar refractivity (Wildman–Crippen MR) is 130 cm³/mol. The van der Waals surface area contributed by atoms with E-state index in [1.807, 2.05) is 38.1 Å². The van der Waals surface area contributed by atoms with E-state index in [4.69, 9.17) is 20.8 Å². The van der Waals surface area contributed by atoms with Crippen LogP contribution >= 0.6 is 0 Å². The van der Waals surface area contributed by atoms with Gasteiger partial charge >= 0.3 is 5.97 Å². The summed E-state index contributed by atoms with van der Waals surface area (Å²) in [6.07, 6.45) is 3.40. The number of hydroxylamine groups is 2. The third-order valence-corrected chi connectivity index (χ3v) is 5.61. The number of nitrogens with two attached hydrogens (primary N) is 1. The van der Waals surface area contributed by atoms with Crippen LogP contribution in [-0.4, -0.2) is 46.4 Å². The number of aliphatic hydroxyl groups is 1. The van der Waals surface area contributed by atoms with Crippen LogP contribution in [0.25, 0.3) is 11.1 Å². The fourth-order valence-corrected chi connectivity index (χ4v) is 3.71. The van der Waals surface area contributed by atoms with E-state index in [1.165, 1.54) is 12.8 Å². The minimum absolute atomic E-state index is 0.0563. The summed E-state index contributed by atoms with van der Waals surface area (Å²) in [6.45, 7) is 8.81. The van der Waals surface area contributed by atoms with Crippen molar-refractivity contribution in [1.29, 1.82) is 0 Å². The highest BCUT2D eigenvalue weighted by Gasteiger charge is 2.43. The summed E-state index contributed by atoms with van der Waals surface area (Å²) in [7, 11) is 1.00. The molecule has 1 amide bonds. The van der Waals surface area contributed by atoms with Crippen LogP contribution < -0.4 is 5.73 Å².